The second-order valence-corrected chi connectivity index (χ2v) is 7.85. The zero-order valence-electron chi connectivity index (χ0n) is 11.8. The van der Waals surface area contributed by atoms with Gasteiger partial charge in [-0.2, -0.15) is 5.10 Å². The molecule has 1 aromatic heterocycles. The van der Waals surface area contributed by atoms with Crippen LogP contribution in [0.3, 0.4) is 0 Å². The molecule has 2 aromatic rings. The largest absolute Gasteiger partial charge is 0.478 e. The molecule has 0 radical (unpaired) electrons. The van der Waals surface area contributed by atoms with E-state index in [-0.39, 0.29) is 38.0 Å². The molecule has 2 N–H and O–H groups in total. The molecule has 0 amide bonds. The van der Waals surface area contributed by atoms with Crippen LogP contribution in [-0.4, -0.2) is 29.3 Å². The van der Waals surface area contributed by atoms with E-state index < -0.39 is 20.9 Å². The number of aromatic nitrogens is 2. The quantitative estimate of drug-likeness (QED) is 0.755. The first-order valence-corrected chi connectivity index (χ1v) is 9.13. The Labute approximate surface area is 157 Å². The van der Waals surface area contributed by atoms with Crippen LogP contribution in [0.1, 0.15) is 16.1 Å². The molecule has 130 valence electrons. The Morgan fingerprint density at radius 3 is 2.38 bits per heavy atom. The van der Waals surface area contributed by atoms with Crippen molar-refractivity contribution in [3.8, 4) is 0 Å². The topological polar surface area (TPSA) is 101 Å². The SMILES string of the molecule is Cn1nc(CNS(=O)(=O)c2cc(C(=O)O)c(Cl)cc2Cl)c(Cl)c1Cl. The summed E-state index contributed by atoms with van der Waals surface area (Å²) in [5.41, 5.74) is -0.184. The number of rotatable bonds is 5. The predicted octanol–water partition coefficient (Wildman–Crippen LogP) is 3.21. The molecule has 7 nitrogen and oxygen atoms in total. The molecular formula is C12H9Cl4N3O4S. The summed E-state index contributed by atoms with van der Waals surface area (Å²) in [5, 5.41) is 12.9. The molecule has 1 aromatic carbocycles. The summed E-state index contributed by atoms with van der Waals surface area (Å²) in [6, 6.07) is 1.92. The van der Waals surface area contributed by atoms with Crippen molar-refractivity contribution in [3.63, 3.8) is 0 Å². The van der Waals surface area contributed by atoms with Gasteiger partial charge in [-0.25, -0.2) is 17.9 Å². The fraction of sp³-hybridized carbons (Fsp3) is 0.167. The monoisotopic (exact) mass is 431 g/mol. The standard InChI is InChI=1S/C12H9Cl4N3O4S/c1-19-11(16)10(15)8(18-19)4-17-24(22,23)9-2-5(12(20)21)6(13)3-7(9)14/h2-3,17H,4H2,1H3,(H,20,21). The molecule has 0 atom stereocenters. The van der Waals surface area contributed by atoms with E-state index in [9.17, 15) is 13.2 Å². The van der Waals surface area contributed by atoms with E-state index in [0.717, 1.165) is 12.1 Å². The maximum absolute atomic E-state index is 12.4. The fourth-order valence-electron chi connectivity index (χ4n) is 1.78. The van der Waals surface area contributed by atoms with Crippen LogP contribution < -0.4 is 4.72 Å². The number of nitrogens with one attached hydrogen (secondary N) is 1. The number of sulfonamides is 1. The average Bonchev–Trinajstić information content (AvgIpc) is 2.72. The number of carboxylic acid groups (broad SMARTS) is 1. The van der Waals surface area contributed by atoms with Gasteiger partial charge in [-0.3, -0.25) is 4.68 Å². The van der Waals surface area contributed by atoms with Crippen molar-refractivity contribution in [2.45, 2.75) is 11.4 Å². The summed E-state index contributed by atoms with van der Waals surface area (Å²) >= 11 is 23.4. The molecule has 0 saturated carbocycles. The molecule has 0 bridgehead atoms. The summed E-state index contributed by atoms with van der Waals surface area (Å²) in [7, 11) is -2.59. The van der Waals surface area contributed by atoms with E-state index in [0.29, 0.717) is 0 Å². The fourth-order valence-corrected chi connectivity index (χ4v) is 4.00. The van der Waals surface area contributed by atoms with Crippen LogP contribution >= 0.6 is 46.4 Å². The van der Waals surface area contributed by atoms with Gasteiger partial charge in [-0.15, -0.1) is 0 Å². The first-order chi connectivity index (χ1) is 11.0. The summed E-state index contributed by atoms with van der Waals surface area (Å²) < 4.78 is 28.3. The second kappa shape index (κ2) is 7.07. The second-order valence-electron chi connectivity index (χ2n) is 4.57. The van der Waals surface area contributed by atoms with Gasteiger partial charge < -0.3 is 5.11 Å². The first-order valence-electron chi connectivity index (χ1n) is 6.13. The highest BCUT2D eigenvalue weighted by atomic mass is 35.5. The molecule has 24 heavy (non-hydrogen) atoms. The number of benzene rings is 1. The van der Waals surface area contributed by atoms with Gasteiger partial charge in [0.05, 0.1) is 27.8 Å². The third-order valence-corrected chi connectivity index (χ3v) is 6.07. The number of hydrogen-bond donors (Lipinski definition) is 2. The maximum atomic E-state index is 12.4. The van der Waals surface area contributed by atoms with Gasteiger partial charge in [0, 0.05) is 7.05 Å². The van der Waals surface area contributed by atoms with Crippen LogP contribution in [0.5, 0.6) is 0 Å². The lowest BCUT2D eigenvalue weighted by atomic mass is 10.2. The third-order valence-electron chi connectivity index (χ3n) is 2.96. The van der Waals surface area contributed by atoms with Crippen LogP contribution in [0, 0.1) is 0 Å². The molecule has 0 aliphatic carbocycles. The predicted molar refractivity (Wildman–Crippen MR) is 90.7 cm³/mol. The minimum atomic E-state index is -4.14. The van der Waals surface area contributed by atoms with E-state index in [1.807, 2.05) is 0 Å². The molecule has 0 unspecified atom stereocenters. The Kier molecular flexibility index (Phi) is 5.68. The third kappa shape index (κ3) is 3.79. The Balaban J connectivity index is 2.35. The van der Waals surface area contributed by atoms with Crippen molar-refractivity contribution in [2.24, 2.45) is 7.05 Å². The molecule has 0 fully saturated rings. The van der Waals surface area contributed by atoms with E-state index in [4.69, 9.17) is 51.5 Å². The van der Waals surface area contributed by atoms with Crippen LogP contribution in [-0.2, 0) is 23.6 Å². The van der Waals surface area contributed by atoms with Gasteiger partial charge in [-0.05, 0) is 12.1 Å². The molecule has 0 saturated heterocycles. The van der Waals surface area contributed by atoms with Crippen molar-refractivity contribution >= 4 is 62.4 Å². The van der Waals surface area contributed by atoms with Gasteiger partial charge >= 0.3 is 5.97 Å². The van der Waals surface area contributed by atoms with Gasteiger partial charge in [0.15, 0.2) is 0 Å². The number of hydrogen-bond acceptors (Lipinski definition) is 4. The zero-order valence-corrected chi connectivity index (χ0v) is 15.7. The zero-order chi connectivity index (χ0) is 18.2. The lowest BCUT2D eigenvalue weighted by Crippen LogP contribution is -2.24. The Morgan fingerprint density at radius 2 is 1.88 bits per heavy atom. The van der Waals surface area contributed by atoms with Gasteiger partial charge in [0.2, 0.25) is 10.0 Å². The molecule has 0 aliphatic heterocycles. The maximum Gasteiger partial charge on any atom is 0.337 e. The number of carboxylic acids is 1. The molecular weight excluding hydrogens is 424 g/mol. The number of nitrogens with zero attached hydrogens (tertiary/aromatic N) is 2. The molecule has 12 heteroatoms. The average molecular weight is 433 g/mol. The molecule has 1 heterocycles. The summed E-state index contributed by atoms with van der Waals surface area (Å²) in [5.74, 6) is -1.38. The lowest BCUT2D eigenvalue weighted by Gasteiger charge is -2.09. The van der Waals surface area contributed by atoms with Crippen molar-refractivity contribution < 1.29 is 18.3 Å². The lowest BCUT2D eigenvalue weighted by molar-refractivity contribution is 0.0697. The van der Waals surface area contributed by atoms with Crippen molar-refractivity contribution in [2.75, 3.05) is 0 Å². The van der Waals surface area contributed by atoms with E-state index >= 15 is 0 Å². The number of aryl methyl sites for hydroxylation is 1. The number of carbonyl (C=O) groups is 1. The van der Waals surface area contributed by atoms with Crippen molar-refractivity contribution in [1.82, 2.24) is 14.5 Å². The highest BCUT2D eigenvalue weighted by Crippen LogP contribution is 2.29. The van der Waals surface area contributed by atoms with Gasteiger partial charge in [0.1, 0.15) is 15.1 Å². The van der Waals surface area contributed by atoms with Crippen LogP contribution in [0.2, 0.25) is 20.2 Å². The smallest absolute Gasteiger partial charge is 0.337 e. The summed E-state index contributed by atoms with van der Waals surface area (Å²) in [6.45, 7) is -0.261. The Bertz CT molecular complexity index is 927. The van der Waals surface area contributed by atoms with E-state index in [1.54, 1.807) is 7.05 Å². The Hall–Kier alpha value is -1.03. The summed E-state index contributed by atoms with van der Waals surface area (Å²) in [6.07, 6.45) is 0. The normalized spacial score (nSPS) is 11.7. The van der Waals surface area contributed by atoms with E-state index in [2.05, 4.69) is 9.82 Å². The number of aromatic carboxylic acids is 1. The minimum Gasteiger partial charge on any atom is -0.478 e. The van der Waals surface area contributed by atoms with Crippen LogP contribution in [0.25, 0.3) is 0 Å². The molecule has 0 aliphatic rings. The van der Waals surface area contributed by atoms with Crippen LogP contribution in [0.15, 0.2) is 17.0 Å². The highest BCUT2D eigenvalue weighted by molar-refractivity contribution is 7.89. The van der Waals surface area contributed by atoms with Crippen LogP contribution in [0.4, 0.5) is 0 Å². The number of halogens is 4. The highest BCUT2D eigenvalue weighted by Gasteiger charge is 2.23. The van der Waals surface area contributed by atoms with E-state index in [1.165, 1.54) is 4.68 Å². The molecule has 0 spiro atoms. The van der Waals surface area contributed by atoms with Crippen molar-refractivity contribution in [3.05, 3.63) is 43.6 Å². The first kappa shape index (κ1) is 19.3. The molecule has 2 rings (SSSR count). The van der Waals surface area contributed by atoms with Gasteiger partial charge in [-0.1, -0.05) is 46.4 Å². The Morgan fingerprint density at radius 1 is 1.25 bits per heavy atom. The van der Waals surface area contributed by atoms with Crippen molar-refractivity contribution in [1.29, 1.82) is 0 Å². The van der Waals surface area contributed by atoms with Gasteiger partial charge in [0.25, 0.3) is 0 Å². The summed E-state index contributed by atoms with van der Waals surface area (Å²) in [4.78, 5) is 10.7. The minimum absolute atomic E-state index is 0.107.